The predicted molar refractivity (Wildman–Crippen MR) is 93.4 cm³/mol. The molecule has 4 rings (SSSR count). The summed E-state index contributed by atoms with van der Waals surface area (Å²) >= 11 is 5.94. The van der Waals surface area contributed by atoms with E-state index in [9.17, 15) is 0 Å². The van der Waals surface area contributed by atoms with Crippen LogP contribution in [0.5, 0.6) is 0 Å². The molecule has 22 heavy (non-hydrogen) atoms. The largest absolute Gasteiger partial charge is 0.297 e. The van der Waals surface area contributed by atoms with Gasteiger partial charge < -0.3 is 0 Å². The minimum absolute atomic E-state index is 0. The molecule has 1 N–H and O–H groups in total. The van der Waals surface area contributed by atoms with Crippen molar-refractivity contribution in [2.75, 3.05) is 7.05 Å². The van der Waals surface area contributed by atoms with Gasteiger partial charge in [-0.3, -0.25) is 10.00 Å². The number of nitrogens with one attached hydrogen (secondary N) is 1. The molecule has 1 saturated heterocycles. The van der Waals surface area contributed by atoms with Gasteiger partial charge in [-0.25, -0.2) is 0 Å². The summed E-state index contributed by atoms with van der Waals surface area (Å²) in [5.41, 5.74) is 4.64. The first-order chi connectivity index (χ1) is 10.2. The van der Waals surface area contributed by atoms with Crippen LogP contribution in [0.15, 0.2) is 36.4 Å². The van der Waals surface area contributed by atoms with Crippen LogP contribution >= 0.6 is 24.0 Å². The molecular weight excluding hydrogens is 317 g/mol. The van der Waals surface area contributed by atoms with Crippen molar-refractivity contribution in [2.45, 2.75) is 31.3 Å². The normalized spacial score (nSPS) is 24.0. The van der Waals surface area contributed by atoms with Gasteiger partial charge in [0.25, 0.3) is 0 Å². The lowest BCUT2D eigenvalue weighted by atomic mass is 9.98. The number of aromatic amines is 1. The van der Waals surface area contributed by atoms with E-state index in [0.29, 0.717) is 12.1 Å². The van der Waals surface area contributed by atoms with Gasteiger partial charge in [-0.15, -0.1) is 12.4 Å². The molecule has 2 atom stereocenters. The summed E-state index contributed by atoms with van der Waals surface area (Å²) in [6, 6.07) is 11.3. The number of likely N-dealkylation sites (N-methyl/N-ethyl adjacent to an activating group) is 1. The number of fused-ring (bicyclic) bond motifs is 2. The molecule has 5 heteroatoms. The highest BCUT2D eigenvalue weighted by molar-refractivity contribution is 6.30. The van der Waals surface area contributed by atoms with Crippen LogP contribution in [-0.4, -0.2) is 34.2 Å². The number of rotatable bonds is 2. The van der Waals surface area contributed by atoms with Gasteiger partial charge in [-0.2, -0.15) is 5.10 Å². The third-order valence-corrected chi connectivity index (χ3v) is 5.06. The van der Waals surface area contributed by atoms with E-state index >= 15 is 0 Å². The number of aromatic nitrogens is 2. The van der Waals surface area contributed by atoms with Crippen LogP contribution in [0.25, 0.3) is 16.8 Å². The maximum atomic E-state index is 5.94. The maximum absolute atomic E-state index is 5.94. The Morgan fingerprint density at radius 2 is 2.00 bits per heavy atom. The van der Waals surface area contributed by atoms with Crippen molar-refractivity contribution in [3.63, 3.8) is 0 Å². The van der Waals surface area contributed by atoms with Crippen LogP contribution < -0.4 is 0 Å². The molecule has 116 valence electrons. The number of hydrogen-bond donors (Lipinski definition) is 1. The quantitative estimate of drug-likeness (QED) is 0.881. The Morgan fingerprint density at radius 1 is 1.23 bits per heavy atom. The summed E-state index contributed by atoms with van der Waals surface area (Å²) in [7, 11) is 2.24. The fourth-order valence-electron chi connectivity index (χ4n) is 3.50. The molecular formula is C17H19Cl2N3. The molecule has 0 aliphatic carbocycles. The zero-order chi connectivity index (χ0) is 14.4. The van der Waals surface area contributed by atoms with E-state index in [1.54, 1.807) is 0 Å². The SMILES string of the molecule is CN1C2C=C(c3cc(-c4ccc(Cl)cc4)n[nH]3)CC1CC2.Cl. The van der Waals surface area contributed by atoms with Crippen LogP contribution in [-0.2, 0) is 0 Å². The van der Waals surface area contributed by atoms with Gasteiger partial charge in [0, 0.05) is 22.7 Å². The summed E-state index contributed by atoms with van der Waals surface area (Å²) in [6.45, 7) is 0. The van der Waals surface area contributed by atoms with Crippen LogP contribution in [0, 0.1) is 0 Å². The summed E-state index contributed by atoms with van der Waals surface area (Å²) in [5, 5.41) is 8.41. The Kier molecular flexibility index (Phi) is 4.31. The van der Waals surface area contributed by atoms with E-state index in [0.717, 1.165) is 28.4 Å². The Hall–Kier alpha value is -1.29. The van der Waals surface area contributed by atoms with E-state index in [-0.39, 0.29) is 12.4 Å². The van der Waals surface area contributed by atoms with E-state index in [1.807, 2.05) is 24.3 Å². The molecule has 0 spiro atoms. The Balaban J connectivity index is 0.00000144. The highest BCUT2D eigenvalue weighted by atomic mass is 35.5. The third-order valence-electron chi connectivity index (χ3n) is 4.81. The number of benzene rings is 1. The van der Waals surface area contributed by atoms with Crippen molar-refractivity contribution < 1.29 is 0 Å². The lowest BCUT2D eigenvalue weighted by Gasteiger charge is -2.29. The van der Waals surface area contributed by atoms with Gasteiger partial charge in [0.05, 0.1) is 11.4 Å². The smallest absolute Gasteiger partial charge is 0.0927 e. The fraction of sp³-hybridized carbons (Fsp3) is 0.353. The molecule has 1 aromatic heterocycles. The molecule has 0 radical (unpaired) electrons. The zero-order valence-electron chi connectivity index (χ0n) is 12.4. The molecule has 1 aromatic carbocycles. The van der Waals surface area contributed by atoms with Gasteiger partial charge in [0.1, 0.15) is 0 Å². The lowest BCUT2D eigenvalue weighted by Crippen LogP contribution is -2.34. The van der Waals surface area contributed by atoms with E-state index in [4.69, 9.17) is 11.6 Å². The van der Waals surface area contributed by atoms with E-state index in [2.05, 4.69) is 34.3 Å². The Labute approximate surface area is 141 Å². The average molecular weight is 336 g/mol. The molecule has 1 fully saturated rings. The summed E-state index contributed by atoms with van der Waals surface area (Å²) in [5.74, 6) is 0. The topological polar surface area (TPSA) is 31.9 Å². The van der Waals surface area contributed by atoms with Crippen molar-refractivity contribution in [2.24, 2.45) is 0 Å². The second-order valence-electron chi connectivity index (χ2n) is 6.03. The molecule has 0 saturated carbocycles. The molecule has 2 aliphatic heterocycles. The Bertz CT molecular complexity index is 690. The minimum Gasteiger partial charge on any atom is -0.297 e. The van der Waals surface area contributed by atoms with Gasteiger partial charge in [0.2, 0.25) is 0 Å². The Morgan fingerprint density at radius 3 is 2.73 bits per heavy atom. The van der Waals surface area contributed by atoms with Crippen LogP contribution in [0.2, 0.25) is 5.02 Å². The summed E-state index contributed by atoms with van der Waals surface area (Å²) in [6.07, 6.45) is 6.11. The highest BCUT2D eigenvalue weighted by Gasteiger charge is 2.34. The minimum atomic E-state index is 0. The van der Waals surface area contributed by atoms with Crippen molar-refractivity contribution in [1.29, 1.82) is 0 Å². The van der Waals surface area contributed by atoms with Gasteiger partial charge in [0.15, 0.2) is 0 Å². The van der Waals surface area contributed by atoms with Gasteiger partial charge in [-0.05, 0) is 50.1 Å². The van der Waals surface area contributed by atoms with Crippen molar-refractivity contribution in [1.82, 2.24) is 15.1 Å². The van der Waals surface area contributed by atoms with Crippen LogP contribution in [0.1, 0.15) is 25.0 Å². The first-order valence-corrected chi connectivity index (χ1v) is 7.83. The fourth-order valence-corrected chi connectivity index (χ4v) is 3.62. The third kappa shape index (κ3) is 2.69. The second-order valence-corrected chi connectivity index (χ2v) is 6.47. The van der Waals surface area contributed by atoms with Gasteiger partial charge >= 0.3 is 0 Å². The highest BCUT2D eigenvalue weighted by Crippen LogP contribution is 2.37. The first kappa shape index (κ1) is 15.6. The predicted octanol–water partition coefficient (Wildman–Crippen LogP) is 4.40. The van der Waals surface area contributed by atoms with Crippen LogP contribution in [0.3, 0.4) is 0 Å². The monoisotopic (exact) mass is 335 g/mol. The second kappa shape index (κ2) is 6.07. The lowest BCUT2D eigenvalue weighted by molar-refractivity contribution is 0.264. The summed E-state index contributed by atoms with van der Waals surface area (Å²) in [4.78, 5) is 2.50. The average Bonchev–Trinajstić information content (AvgIpc) is 3.03. The molecule has 2 aromatic rings. The van der Waals surface area contributed by atoms with E-state index < -0.39 is 0 Å². The van der Waals surface area contributed by atoms with E-state index in [1.165, 1.54) is 18.4 Å². The molecule has 2 bridgehead atoms. The molecule has 3 heterocycles. The molecule has 0 amide bonds. The molecule has 3 nitrogen and oxygen atoms in total. The van der Waals surface area contributed by atoms with Gasteiger partial charge in [-0.1, -0.05) is 29.8 Å². The maximum Gasteiger partial charge on any atom is 0.0927 e. The zero-order valence-corrected chi connectivity index (χ0v) is 14.0. The number of nitrogens with zero attached hydrogens (tertiary/aromatic N) is 2. The first-order valence-electron chi connectivity index (χ1n) is 7.45. The number of halogens is 2. The number of hydrogen-bond acceptors (Lipinski definition) is 2. The van der Waals surface area contributed by atoms with Crippen molar-refractivity contribution in [3.05, 3.63) is 47.1 Å². The summed E-state index contributed by atoms with van der Waals surface area (Å²) < 4.78 is 0. The van der Waals surface area contributed by atoms with Crippen molar-refractivity contribution in [3.8, 4) is 11.3 Å². The standard InChI is InChI=1S/C17H18ClN3.ClH/c1-21-14-6-7-15(21)9-12(8-14)17-10-16(19-20-17)11-2-4-13(18)5-3-11;/h2-5,8,10,14-15H,6-7,9H2,1H3,(H,19,20);1H. The van der Waals surface area contributed by atoms with Crippen LogP contribution in [0.4, 0.5) is 0 Å². The molecule has 2 aliphatic rings. The number of H-pyrrole nitrogens is 1. The molecule has 2 unspecified atom stereocenters. The van der Waals surface area contributed by atoms with Crippen molar-refractivity contribution >= 4 is 29.6 Å².